The van der Waals surface area contributed by atoms with E-state index in [0.29, 0.717) is 5.92 Å². The van der Waals surface area contributed by atoms with Crippen molar-refractivity contribution in [1.82, 2.24) is 0 Å². The third kappa shape index (κ3) is 1.83. The van der Waals surface area contributed by atoms with E-state index in [2.05, 4.69) is 45.0 Å². The molecule has 0 aliphatic rings. The molecule has 0 heterocycles. The molecule has 0 aromatic heterocycles. The van der Waals surface area contributed by atoms with Gasteiger partial charge in [0.15, 0.2) is 0 Å². The van der Waals surface area contributed by atoms with E-state index in [1.165, 1.54) is 11.1 Å². The second-order valence-corrected chi connectivity index (χ2v) is 2.96. The molecule has 0 aliphatic carbocycles. The average molecular weight is 147 g/mol. The van der Waals surface area contributed by atoms with Gasteiger partial charge in [0.05, 0.1) is 0 Å². The normalized spacial score (nSPS) is 13.0. The molecule has 0 nitrogen and oxygen atoms in total. The molecule has 1 aromatic carbocycles. The minimum atomic E-state index is 0.455. The van der Waals surface area contributed by atoms with Gasteiger partial charge in [0.2, 0.25) is 0 Å². The standard InChI is InChI=1S/C11H15/c1-4-9(2)11-8-6-5-7-10(11)3/h5-9H,2,4H2,1,3H3. The number of aryl methyl sites for hydroxylation is 1. The second-order valence-electron chi connectivity index (χ2n) is 2.96. The van der Waals surface area contributed by atoms with Crippen LogP contribution in [0.1, 0.15) is 30.4 Å². The summed E-state index contributed by atoms with van der Waals surface area (Å²) in [5, 5.41) is 0. The minimum Gasteiger partial charge on any atom is -0.0648 e. The molecule has 0 aliphatic heterocycles. The minimum absolute atomic E-state index is 0.455. The third-order valence-electron chi connectivity index (χ3n) is 2.12. The largest absolute Gasteiger partial charge is 0.0648 e. The summed E-state index contributed by atoms with van der Waals surface area (Å²) in [5.41, 5.74) is 2.74. The van der Waals surface area contributed by atoms with Crippen LogP contribution in [-0.4, -0.2) is 0 Å². The van der Waals surface area contributed by atoms with Gasteiger partial charge in [-0.2, -0.15) is 0 Å². The summed E-state index contributed by atoms with van der Waals surface area (Å²) < 4.78 is 0. The van der Waals surface area contributed by atoms with Crippen molar-refractivity contribution >= 4 is 0 Å². The summed E-state index contributed by atoms with van der Waals surface area (Å²) in [6.07, 6.45) is 1.12. The van der Waals surface area contributed by atoms with Crippen molar-refractivity contribution in [1.29, 1.82) is 0 Å². The maximum absolute atomic E-state index is 4.09. The number of benzene rings is 1. The van der Waals surface area contributed by atoms with Crippen molar-refractivity contribution in [3.05, 3.63) is 42.3 Å². The number of rotatable bonds is 2. The molecule has 1 atom stereocenters. The molecule has 1 unspecified atom stereocenters. The first-order valence-electron chi connectivity index (χ1n) is 4.14. The zero-order chi connectivity index (χ0) is 8.27. The third-order valence-corrected chi connectivity index (χ3v) is 2.12. The molecule has 0 saturated carbocycles. The van der Waals surface area contributed by atoms with Crippen LogP contribution in [0.5, 0.6) is 0 Å². The molecule has 59 valence electrons. The van der Waals surface area contributed by atoms with Gasteiger partial charge in [-0.05, 0) is 37.3 Å². The molecular weight excluding hydrogens is 132 g/mol. The Bertz CT molecular complexity index is 225. The van der Waals surface area contributed by atoms with Gasteiger partial charge in [0.25, 0.3) is 0 Å². The van der Waals surface area contributed by atoms with E-state index in [0.717, 1.165) is 6.42 Å². The first-order chi connectivity index (χ1) is 5.25. The van der Waals surface area contributed by atoms with Gasteiger partial charge in [-0.1, -0.05) is 31.2 Å². The average Bonchev–Trinajstić information content (AvgIpc) is 2.04. The van der Waals surface area contributed by atoms with Crippen LogP contribution >= 0.6 is 0 Å². The predicted octanol–water partition coefficient (Wildman–Crippen LogP) is 3.32. The fourth-order valence-corrected chi connectivity index (χ4v) is 1.26. The lowest BCUT2D eigenvalue weighted by molar-refractivity contribution is 0.795. The lowest BCUT2D eigenvalue weighted by Crippen LogP contribution is -1.93. The molecule has 1 radical (unpaired) electrons. The molecule has 0 bridgehead atoms. The molecule has 0 amide bonds. The molecule has 0 N–H and O–H groups in total. The molecule has 0 saturated heterocycles. The maximum atomic E-state index is 4.09. The highest BCUT2D eigenvalue weighted by molar-refractivity contribution is 5.29. The van der Waals surface area contributed by atoms with Crippen LogP contribution in [0.4, 0.5) is 0 Å². The Balaban J connectivity index is 2.93. The summed E-state index contributed by atoms with van der Waals surface area (Å²) in [4.78, 5) is 0. The number of hydrogen-bond acceptors (Lipinski definition) is 0. The molecule has 11 heavy (non-hydrogen) atoms. The van der Waals surface area contributed by atoms with Crippen LogP contribution in [0.15, 0.2) is 24.3 Å². The summed E-state index contributed by atoms with van der Waals surface area (Å²) in [5.74, 6) is 0.455. The van der Waals surface area contributed by atoms with Crippen LogP contribution in [0.2, 0.25) is 0 Å². The van der Waals surface area contributed by atoms with Crippen LogP contribution in [-0.2, 0) is 0 Å². The summed E-state index contributed by atoms with van der Waals surface area (Å²) in [7, 11) is 0. The first-order valence-corrected chi connectivity index (χ1v) is 4.14. The van der Waals surface area contributed by atoms with Crippen molar-refractivity contribution < 1.29 is 0 Å². The Kier molecular flexibility index (Phi) is 2.70. The summed E-state index contributed by atoms with van der Waals surface area (Å²) in [6.45, 7) is 8.40. The van der Waals surface area contributed by atoms with Gasteiger partial charge < -0.3 is 0 Å². The molecule has 1 rings (SSSR count). The van der Waals surface area contributed by atoms with Gasteiger partial charge in [0.1, 0.15) is 0 Å². The lowest BCUT2D eigenvalue weighted by atomic mass is 9.95. The van der Waals surface area contributed by atoms with Crippen molar-refractivity contribution in [2.24, 2.45) is 0 Å². The summed E-state index contributed by atoms with van der Waals surface area (Å²) in [6, 6.07) is 8.46. The van der Waals surface area contributed by atoms with Crippen LogP contribution in [0.25, 0.3) is 0 Å². The van der Waals surface area contributed by atoms with E-state index < -0.39 is 0 Å². The zero-order valence-corrected chi connectivity index (χ0v) is 7.30. The molecule has 0 spiro atoms. The first kappa shape index (κ1) is 8.32. The van der Waals surface area contributed by atoms with Crippen LogP contribution in [0, 0.1) is 13.8 Å². The van der Waals surface area contributed by atoms with E-state index in [9.17, 15) is 0 Å². The maximum Gasteiger partial charge on any atom is -0.0162 e. The highest BCUT2D eigenvalue weighted by Gasteiger charge is 2.03. The fraction of sp³-hybridized carbons (Fsp3) is 0.364. The Hall–Kier alpha value is -0.780. The van der Waals surface area contributed by atoms with Gasteiger partial charge in [-0.25, -0.2) is 0 Å². The highest BCUT2D eigenvalue weighted by atomic mass is 14.1. The van der Waals surface area contributed by atoms with Crippen molar-refractivity contribution in [2.75, 3.05) is 0 Å². The predicted molar refractivity (Wildman–Crippen MR) is 49.6 cm³/mol. The SMILES string of the molecule is [CH2]C(CC)c1ccccc1C. The van der Waals surface area contributed by atoms with Crippen molar-refractivity contribution in [3.63, 3.8) is 0 Å². The molecule has 0 fully saturated rings. The quantitative estimate of drug-likeness (QED) is 0.602. The van der Waals surface area contributed by atoms with E-state index in [-0.39, 0.29) is 0 Å². The van der Waals surface area contributed by atoms with Gasteiger partial charge in [0, 0.05) is 0 Å². The molecular formula is C11H15. The van der Waals surface area contributed by atoms with Crippen molar-refractivity contribution in [2.45, 2.75) is 26.2 Å². The Morgan fingerprint density at radius 2 is 2.00 bits per heavy atom. The Labute approximate surface area is 69.3 Å². The lowest BCUT2D eigenvalue weighted by Gasteiger charge is -2.10. The Morgan fingerprint density at radius 1 is 1.36 bits per heavy atom. The number of hydrogen-bond donors (Lipinski definition) is 0. The molecule has 0 heteroatoms. The van der Waals surface area contributed by atoms with Gasteiger partial charge >= 0.3 is 0 Å². The molecule has 1 aromatic rings. The van der Waals surface area contributed by atoms with Crippen LogP contribution in [0.3, 0.4) is 0 Å². The topological polar surface area (TPSA) is 0 Å². The van der Waals surface area contributed by atoms with Crippen molar-refractivity contribution in [3.8, 4) is 0 Å². The van der Waals surface area contributed by atoms with Gasteiger partial charge in [-0.3, -0.25) is 0 Å². The van der Waals surface area contributed by atoms with E-state index >= 15 is 0 Å². The fourth-order valence-electron chi connectivity index (χ4n) is 1.26. The van der Waals surface area contributed by atoms with E-state index in [1.807, 2.05) is 0 Å². The van der Waals surface area contributed by atoms with Crippen LogP contribution < -0.4 is 0 Å². The van der Waals surface area contributed by atoms with Gasteiger partial charge in [-0.15, -0.1) is 0 Å². The smallest absolute Gasteiger partial charge is 0.0162 e. The summed E-state index contributed by atoms with van der Waals surface area (Å²) >= 11 is 0. The highest BCUT2D eigenvalue weighted by Crippen LogP contribution is 2.20. The second kappa shape index (κ2) is 3.56. The Morgan fingerprint density at radius 3 is 2.55 bits per heavy atom. The zero-order valence-electron chi connectivity index (χ0n) is 7.30. The van der Waals surface area contributed by atoms with E-state index in [1.54, 1.807) is 0 Å². The van der Waals surface area contributed by atoms with E-state index in [4.69, 9.17) is 0 Å². The monoisotopic (exact) mass is 147 g/mol.